The Balaban J connectivity index is 2.19. The third-order valence-electron chi connectivity index (χ3n) is 2.53. The number of carbonyl (C=O) groups excluding carboxylic acids is 1. The molecule has 19 heavy (non-hydrogen) atoms. The molecule has 0 saturated heterocycles. The van der Waals surface area contributed by atoms with Crippen LogP contribution in [0.3, 0.4) is 0 Å². The van der Waals surface area contributed by atoms with Crippen LogP contribution in [-0.2, 0) is 7.05 Å². The molecule has 0 fully saturated rings. The van der Waals surface area contributed by atoms with Crippen LogP contribution in [0.15, 0.2) is 42.6 Å². The van der Waals surface area contributed by atoms with Gasteiger partial charge in [0.25, 0.3) is 5.91 Å². The number of amides is 1. The number of hydrogen-bond donors (Lipinski definition) is 1. The Kier molecular flexibility index (Phi) is 3.79. The predicted octanol–water partition coefficient (Wildman–Crippen LogP) is 2.88. The van der Waals surface area contributed by atoms with Crippen LogP contribution in [-0.4, -0.2) is 17.1 Å². The quantitative estimate of drug-likeness (QED) is 0.924. The Labute approximate surface area is 108 Å². The molecule has 1 aromatic heterocycles. The molecule has 0 aliphatic carbocycles. The standard InChI is InChI=1S/C13H12F2N2O2/c1-17-8-4-6-10(17)12(18)16-9-5-2-3-7-11(9)19-13(14)15/h2-8,13H,1H3,(H,16,18). The number of nitrogens with zero attached hydrogens (tertiary/aromatic N) is 1. The van der Waals surface area contributed by atoms with Crippen LogP contribution >= 0.6 is 0 Å². The Morgan fingerprint density at radius 3 is 2.63 bits per heavy atom. The molecule has 1 amide bonds. The van der Waals surface area contributed by atoms with E-state index in [2.05, 4.69) is 10.1 Å². The van der Waals surface area contributed by atoms with Gasteiger partial charge < -0.3 is 14.6 Å². The van der Waals surface area contributed by atoms with Crippen molar-refractivity contribution in [3.63, 3.8) is 0 Å². The maximum Gasteiger partial charge on any atom is 0.387 e. The van der Waals surface area contributed by atoms with Gasteiger partial charge in [-0.15, -0.1) is 0 Å². The van der Waals surface area contributed by atoms with Crippen LogP contribution in [0, 0.1) is 0 Å². The van der Waals surface area contributed by atoms with Crippen molar-refractivity contribution in [1.82, 2.24) is 4.57 Å². The average Bonchev–Trinajstić information content (AvgIpc) is 2.77. The Bertz CT molecular complexity index is 582. The number of aryl methyl sites for hydroxylation is 1. The summed E-state index contributed by atoms with van der Waals surface area (Å²) >= 11 is 0. The molecule has 0 aliphatic heterocycles. The van der Waals surface area contributed by atoms with Crippen molar-refractivity contribution < 1.29 is 18.3 Å². The molecule has 2 aromatic rings. The molecule has 0 unspecified atom stereocenters. The van der Waals surface area contributed by atoms with Crippen molar-refractivity contribution in [3.05, 3.63) is 48.3 Å². The van der Waals surface area contributed by atoms with Crippen molar-refractivity contribution in [1.29, 1.82) is 0 Å². The van der Waals surface area contributed by atoms with Gasteiger partial charge in [-0.1, -0.05) is 12.1 Å². The highest BCUT2D eigenvalue weighted by atomic mass is 19.3. The van der Waals surface area contributed by atoms with Crippen LogP contribution in [0.4, 0.5) is 14.5 Å². The van der Waals surface area contributed by atoms with E-state index in [1.807, 2.05) is 0 Å². The SMILES string of the molecule is Cn1cccc1C(=O)Nc1ccccc1OC(F)F. The number of ether oxygens (including phenoxy) is 1. The minimum atomic E-state index is -2.94. The van der Waals surface area contributed by atoms with Crippen molar-refractivity contribution >= 4 is 11.6 Å². The highest BCUT2D eigenvalue weighted by Gasteiger charge is 2.13. The van der Waals surface area contributed by atoms with Gasteiger partial charge in [-0.25, -0.2) is 0 Å². The molecule has 6 heteroatoms. The second-order valence-corrected chi connectivity index (χ2v) is 3.83. The molecule has 0 saturated carbocycles. The van der Waals surface area contributed by atoms with Crippen molar-refractivity contribution in [3.8, 4) is 5.75 Å². The summed E-state index contributed by atoms with van der Waals surface area (Å²) < 4.78 is 30.4. The maximum absolute atomic E-state index is 12.2. The Morgan fingerprint density at radius 2 is 2.00 bits per heavy atom. The fourth-order valence-electron chi connectivity index (χ4n) is 1.65. The first-order chi connectivity index (χ1) is 9.08. The third kappa shape index (κ3) is 3.09. The molecular formula is C13H12F2N2O2. The van der Waals surface area contributed by atoms with Gasteiger partial charge in [-0.3, -0.25) is 4.79 Å². The average molecular weight is 266 g/mol. The van der Waals surface area contributed by atoms with Gasteiger partial charge in [0, 0.05) is 13.2 Å². The zero-order valence-electron chi connectivity index (χ0n) is 10.1. The molecule has 100 valence electrons. The van der Waals surface area contributed by atoms with Crippen molar-refractivity contribution in [2.75, 3.05) is 5.32 Å². The normalized spacial score (nSPS) is 10.5. The summed E-state index contributed by atoms with van der Waals surface area (Å²) in [6, 6.07) is 9.39. The van der Waals surface area contributed by atoms with Gasteiger partial charge in [0.15, 0.2) is 0 Å². The van der Waals surface area contributed by atoms with Crippen molar-refractivity contribution in [2.24, 2.45) is 7.05 Å². The van der Waals surface area contributed by atoms with E-state index < -0.39 is 12.5 Å². The minimum absolute atomic E-state index is 0.0694. The van der Waals surface area contributed by atoms with Gasteiger partial charge in [0.1, 0.15) is 11.4 Å². The maximum atomic E-state index is 12.2. The van der Waals surface area contributed by atoms with E-state index in [0.717, 1.165) is 0 Å². The van der Waals surface area contributed by atoms with E-state index in [1.54, 1.807) is 42.1 Å². The van der Waals surface area contributed by atoms with Crippen molar-refractivity contribution in [2.45, 2.75) is 6.61 Å². The smallest absolute Gasteiger partial charge is 0.387 e. The van der Waals surface area contributed by atoms with Crippen LogP contribution in [0.1, 0.15) is 10.5 Å². The number of nitrogens with one attached hydrogen (secondary N) is 1. The summed E-state index contributed by atoms with van der Waals surface area (Å²) in [5.41, 5.74) is 0.626. The van der Waals surface area contributed by atoms with Crippen LogP contribution in [0.5, 0.6) is 5.75 Å². The first-order valence-corrected chi connectivity index (χ1v) is 5.54. The summed E-state index contributed by atoms with van der Waals surface area (Å²) in [7, 11) is 1.72. The molecule has 0 bridgehead atoms. The van der Waals surface area contributed by atoms with Gasteiger partial charge in [-0.2, -0.15) is 8.78 Å². The minimum Gasteiger partial charge on any atom is -0.433 e. The van der Waals surface area contributed by atoms with Gasteiger partial charge >= 0.3 is 6.61 Å². The lowest BCUT2D eigenvalue weighted by atomic mass is 10.3. The molecule has 4 nitrogen and oxygen atoms in total. The number of aromatic nitrogens is 1. The monoisotopic (exact) mass is 266 g/mol. The zero-order chi connectivity index (χ0) is 13.8. The van der Waals surface area contributed by atoms with E-state index in [0.29, 0.717) is 5.69 Å². The molecule has 1 heterocycles. The number of para-hydroxylation sites is 2. The topological polar surface area (TPSA) is 43.3 Å². The highest BCUT2D eigenvalue weighted by Crippen LogP contribution is 2.25. The Hall–Kier alpha value is -2.37. The molecular weight excluding hydrogens is 254 g/mol. The molecule has 1 N–H and O–H groups in total. The number of hydrogen-bond acceptors (Lipinski definition) is 2. The fraction of sp³-hybridized carbons (Fsp3) is 0.154. The lowest BCUT2D eigenvalue weighted by molar-refractivity contribution is -0.0493. The number of halogens is 2. The number of anilines is 1. The molecule has 0 aliphatic rings. The van der Waals surface area contributed by atoms with E-state index in [9.17, 15) is 13.6 Å². The van der Waals surface area contributed by atoms with Gasteiger partial charge in [0.2, 0.25) is 0 Å². The molecule has 0 atom stereocenters. The van der Waals surface area contributed by atoms with E-state index in [4.69, 9.17) is 0 Å². The summed E-state index contributed by atoms with van der Waals surface area (Å²) in [5.74, 6) is -0.460. The molecule has 0 spiro atoms. The molecule has 0 radical (unpaired) electrons. The zero-order valence-corrected chi connectivity index (χ0v) is 10.1. The van der Waals surface area contributed by atoms with E-state index >= 15 is 0 Å². The van der Waals surface area contributed by atoms with Crippen LogP contribution < -0.4 is 10.1 Å². The van der Waals surface area contributed by atoms with Crippen LogP contribution in [0.2, 0.25) is 0 Å². The predicted molar refractivity (Wildman–Crippen MR) is 66.4 cm³/mol. The molecule has 2 rings (SSSR count). The second kappa shape index (κ2) is 5.51. The second-order valence-electron chi connectivity index (χ2n) is 3.83. The molecule has 1 aromatic carbocycles. The summed E-state index contributed by atoms with van der Waals surface area (Å²) in [6.07, 6.45) is 1.72. The van der Waals surface area contributed by atoms with Gasteiger partial charge in [0.05, 0.1) is 5.69 Å². The highest BCUT2D eigenvalue weighted by molar-refractivity contribution is 6.03. The van der Waals surface area contributed by atoms with E-state index in [1.165, 1.54) is 12.1 Å². The Morgan fingerprint density at radius 1 is 1.26 bits per heavy atom. The summed E-state index contributed by atoms with van der Waals surface area (Å²) in [6.45, 7) is -2.94. The van der Waals surface area contributed by atoms with Crippen LogP contribution in [0.25, 0.3) is 0 Å². The number of rotatable bonds is 4. The summed E-state index contributed by atoms with van der Waals surface area (Å²) in [5, 5.41) is 2.54. The first kappa shape index (κ1) is 13.1. The fourth-order valence-corrected chi connectivity index (χ4v) is 1.65. The largest absolute Gasteiger partial charge is 0.433 e. The van der Waals surface area contributed by atoms with Gasteiger partial charge in [-0.05, 0) is 24.3 Å². The number of benzene rings is 1. The third-order valence-corrected chi connectivity index (χ3v) is 2.53. The lowest BCUT2D eigenvalue weighted by Crippen LogP contribution is -2.16. The number of carbonyl (C=O) groups is 1. The lowest BCUT2D eigenvalue weighted by Gasteiger charge is -2.11. The van der Waals surface area contributed by atoms with E-state index in [-0.39, 0.29) is 11.4 Å². The number of alkyl halides is 2. The first-order valence-electron chi connectivity index (χ1n) is 5.54. The summed E-state index contributed by atoms with van der Waals surface area (Å²) in [4.78, 5) is 12.0.